The Balaban J connectivity index is 3.51. The summed E-state index contributed by atoms with van der Waals surface area (Å²) < 4.78 is 0. The van der Waals surface area contributed by atoms with Crippen molar-refractivity contribution in [1.82, 2.24) is 10.6 Å². The maximum Gasteiger partial charge on any atom is 0.220 e. The van der Waals surface area contributed by atoms with E-state index in [0.717, 1.165) is 38.0 Å². The molecule has 5 heteroatoms. The molecule has 0 aromatic heterocycles. The van der Waals surface area contributed by atoms with E-state index < -0.39 is 0 Å². The lowest BCUT2D eigenvalue weighted by Crippen LogP contribution is -2.34. The highest BCUT2D eigenvalue weighted by Gasteiger charge is 2.08. The predicted molar refractivity (Wildman–Crippen MR) is 81.2 cm³/mol. The monoisotopic (exact) mass is 278 g/mol. The molecule has 0 fully saturated rings. The van der Waals surface area contributed by atoms with Gasteiger partial charge >= 0.3 is 0 Å². The van der Waals surface area contributed by atoms with E-state index in [4.69, 9.17) is 0 Å². The van der Waals surface area contributed by atoms with Gasteiger partial charge in [0, 0.05) is 17.7 Å². The largest absolute Gasteiger partial charge is 0.354 e. The van der Waals surface area contributed by atoms with Crippen molar-refractivity contribution in [3.05, 3.63) is 0 Å². The van der Waals surface area contributed by atoms with Gasteiger partial charge in [0.2, 0.25) is 5.91 Å². The number of rotatable bonds is 10. The molecule has 0 aliphatic carbocycles. The zero-order valence-corrected chi connectivity index (χ0v) is 12.7. The molecule has 0 heterocycles. The standard InChI is InChI=1S/C12H26N2OS2/c1-10(6-8-13-2)14-12(15)5-3-4-11(17)7-9-16/h10-11,13,16-17H,3-9H2,1-2H3,(H,14,15)/t10-,11?/m0/s1. The van der Waals surface area contributed by atoms with E-state index in [1.54, 1.807) is 0 Å². The zero-order chi connectivity index (χ0) is 13.1. The van der Waals surface area contributed by atoms with Gasteiger partial charge in [0.1, 0.15) is 0 Å². The van der Waals surface area contributed by atoms with Crippen molar-refractivity contribution in [2.45, 2.75) is 50.3 Å². The first kappa shape index (κ1) is 17.1. The van der Waals surface area contributed by atoms with Crippen LogP contribution in [-0.2, 0) is 4.79 Å². The molecule has 0 aromatic rings. The minimum atomic E-state index is 0.153. The maximum atomic E-state index is 11.6. The van der Waals surface area contributed by atoms with Crippen LogP contribution >= 0.6 is 25.3 Å². The van der Waals surface area contributed by atoms with Crippen LogP contribution in [-0.4, -0.2) is 36.5 Å². The SMILES string of the molecule is CNCC[C@H](C)NC(=O)CCCC(S)CCS. The van der Waals surface area contributed by atoms with Gasteiger partial charge in [-0.3, -0.25) is 4.79 Å². The molecule has 1 unspecified atom stereocenters. The first-order chi connectivity index (χ1) is 8.10. The van der Waals surface area contributed by atoms with Crippen molar-refractivity contribution in [3.63, 3.8) is 0 Å². The van der Waals surface area contributed by atoms with Crippen LogP contribution < -0.4 is 10.6 Å². The maximum absolute atomic E-state index is 11.6. The molecule has 0 rings (SSSR count). The van der Waals surface area contributed by atoms with Crippen molar-refractivity contribution < 1.29 is 4.79 Å². The lowest BCUT2D eigenvalue weighted by atomic mass is 10.1. The Kier molecular flexibility index (Phi) is 11.3. The number of carbonyl (C=O) groups is 1. The van der Waals surface area contributed by atoms with E-state index in [9.17, 15) is 4.79 Å². The van der Waals surface area contributed by atoms with Gasteiger partial charge in [-0.1, -0.05) is 0 Å². The van der Waals surface area contributed by atoms with Crippen LogP contribution in [0.2, 0.25) is 0 Å². The Morgan fingerprint density at radius 3 is 2.59 bits per heavy atom. The second-order valence-corrected chi connectivity index (χ2v) is 5.60. The molecule has 3 nitrogen and oxygen atoms in total. The molecule has 17 heavy (non-hydrogen) atoms. The van der Waals surface area contributed by atoms with Gasteiger partial charge in [0.15, 0.2) is 0 Å². The number of hydrogen-bond acceptors (Lipinski definition) is 4. The molecule has 0 spiro atoms. The van der Waals surface area contributed by atoms with E-state index in [1.165, 1.54) is 0 Å². The Labute approximate surface area is 116 Å². The molecule has 0 aliphatic heterocycles. The molecule has 2 atom stereocenters. The fourth-order valence-electron chi connectivity index (χ4n) is 1.57. The number of hydrogen-bond donors (Lipinski definition) is 4. The van der Waals surface area contributed by atoms with Crippen LogP contribution in [0.1, 0.15) is 39.0 Å². The van der Waals surface area contributed by atoms with Gasteiger partial charge in [-0.2, -0.15) is 25.3 Å². The second-order valence-electron chi connectivity index (χ2n) is 4.42. The van der Waals surface area contributed by atoms with E-state index in [2.05, 4.69) is 35.9 Å². The third kappa shape index (κ3) is 11.0. The Hall–Kier alpha value is 0.130. The third-order valence-corrected chi connectivity index (χ3v) is 3.41. The molecule has 1 amide bonds. The summed E-state index contributed by atoms with van der Waals surface area (Å²) in [4.78, 5) is 11.6. The molecule has 0 saturated carbocycles. The predicted octanol–water partition coefficient (Wildman–Crippen LogP) is 1.89. The van der Waals surface area contributed by atoms with Crippen molar-refractivity contribution in [2.24, 2.45) is 0 Å². The van der Waals surface area contributed by atoms with Crippen molar-refractivity contribution in [3.8, 4) is 0 Å². The van der Waals surface area contributed by atoms with Crippen LogP contribution in [0, 0.1) is 0 Å². The summed E-state index contributed by atoms with van der Waals surface area (Å²) in [5.41, 5.74) is 0. The van der Waals surface area contributed by atoms with E-state index in [0.29, 0.717) is 11.7 Å². The van der Waals surface area contributed by atoms with Crippen LogP contribution in [0.5, 0.6) is 0 Å². The van der Waals surface area contributed by atoms with Crippen LogP contribution in [0.25, 0.3) is 0 Å². The number of carbonyl (C=O) groups excluding carboxylic acids is 1. The Bertz CT molecular complexity index is 203. The van der Waals surface area contributed by atoms with Crippen molar-refractivity contribution in [1.29, 1.82) is 0 Å². The summed E-state index contributed by atoms with van der Waals surface area (Å²) in [6.07, 6.45) is 4.48. The van der Waals surface area contributed by atoms with E-state index >= 15 is 0 Å². The van der Waals surface area contributed by atoms with Gasteiger partial charge in [-0.25, -0.2) is 0 Å². The van der Waals surface area contributed by atoms with Gasteiger partial charge < -0.3 is 10.6 Å². The number of thiol groups is 2. The summed E-state index contributed by atoms with van der Waals surface area (Å²) in [7, 11) is 1.92. The minimum Gasteiger partial charge on any atom is -0.354 e. The van der Waals surface area contributed by atoms with Crippen LogP contribution in [0.3, 0.4) is 0 Å². The molecule has 102 valence electrons. The molecule has 0 aliphatic rings. The minimum absolute atomic E-state index is 0.153. The summed E-state index contributed by atoms with van der Waals surface area (Å²) in [5.74, 6) is 1.02. The molecule has 0 bridgehead atoms. The molecule has 0 saturated heterocycles. The first-order valence-corrected chi connectivity index (χ1v) is 7.48. The molecular weight excluding hydrogens is 252 g/mol. The van der Waals surface area contributed by atoms with Crippen LogP contribution in [0.15, 0.2) is 0 Å². The number of amides is 1. The summed E-state index contributed by atoms with van der Waals surface area (Å²) >= 11 is 8.61. The zero-order valence-electron chi connectivity index (χ0n) is 10.9. The summed E-state index contributed by atoms with van der Waals surface area (Å²) in [5, 5.41) is 6.45. The second kappa shape index (κ2) is 11.2. The molecule has 0 radical (unpaired) electrons. The van der Waals surface area contributed by atoms with Gasteiger partial charge in [0.25, 0.3) is 0 Å². The average molecular weight is 278 g/mol. The highest BCUT2D eigenvalue weighted by molar-refractivity contribution is 7.81. The third-order valence-electron chi connectivity index (χ3n) is 2.64. The van der Waals surface area contributed by atoms with Gasteiger partial charge in [0.05, 0.1) is 0 Å². The van der Waals surface area contributed by atoms with E-state index in [-0.39, 0.29) is 11.9 Å². The Morgan fingerprint density at radius 1 is 1.29 bits per heavy atom. The first-order valence-electron chi connectivity index (χ1n) is 6.33. The normalized spacial score (nSPS) is 14.4. The molecular formula is C12H26N2OS2. The highest BCUT2D eigenvalue weighted by atomic mass is 32.1. The van der Waals surface area contributed by atoms with Gasteiger partial charge in [-0.15, -0.1) is 0 Å². The highest BCUT2D eigenvalue weighted by Crippen LogP contribution is 2.11. The smallest absolute Gasteiger partial charge is 0.220 e. The fourth-order valence-corrected chi connectivity index (χ4v) is 2.40. The lowest BCUT2D eigenvalue weighted by molar-refractivity contribution is -0.121. The summed E-state index contributed by atoms with van der Waals surface area (Å²) in [6, 6.07) is 0.249. The van der Waals surface area contributed by atoms with E-state index in [1.807, 2.05) is 14.0 Å². The number of nitrogens with one attached hydrogen (secondary N) is 2. The molecule has 2 N–H and O–H groups in total. The topological polar surface area (TPSA) is 41.1 Å². The lowest BCUT2D eigenvalue weighted by Gasteiger charge is -2.14. The quantitative estimate of drug-likeness (QED) is 0.461. The molecule has 0 aromatic carbocycles. The van der Waals surface area contributed by atoms with Gasteiger partial charge in [-0.05, 0) is 52.0 Å². The summed E-state index contributed by atoms with van der Waals surface area (Å²) in [6.45, 7) is 2.97. The van der Waals surface area contributed by atoms with Crippen molar-refractivity contribution >= 4 is 31.2 Å². The fraction of sp³-hybridized carbons (Fsp3) is 0.917. The average Bonchev–Trinajstić information content (AvgIpc) is 2.26. The van der Waals surface area contributed by atoms with Crippen molar-refractivity contribution in [2.75, 3.05) is 19.3 Å². The Morgan fingerprint density at radius 2 is 2.00 bits per heavy atom. The van der Waals surface area contributed by atoms with Crippen LogP contribution in [0.4, 0.5) is 0 Å².